The minimum Gasteiger partial charge on any atom is -0.368 e. The van der Waals surface area contributed by atoms with Crippen molar-refractivity contribution < 1.29 is 14.1 Å². The minimum atomic E-state index is -0.00713. The third-order valence-electron chi connectivity index (χ3n) is 5.04. The zero-order valence-electron chi connectivity index (χ0n) is 16.2. The Morgan fingerprint density at radius 1 is 1.17 bits per heavy atom. The number of carbonyl (C=O) groups is 1. The molecule has 1 fully saturated rings. The summed E-state index contributed by atoms with van der Waals surface area (Å²) in [5, 5.41) is 3.98. The zero-order chi connectivity index (χ0) is 19.9. The van der Waals surface area contributed by atoms with Gasteiger partial charge < -0.3 is 14.2 Å². The largest absolute Gasteiger partial charge is 0.368 e. The molecule has 2 aromatic heterocycles. The number of piperidine rings is 1. The number of nitrogens with zero attached hydrogens (tertiary/aromatic N) is 4. The van der Waals surface area contributed by atoms with Crippen molar-refractivity contribution in [2.24, 2.45) is 0 Å². The smallest absolute Gasteiger partial charge is 0.258 e. The van der Waals surface area contributed by atoms with Crippen molar-refractivity contribution in [3.8, 4) is 11.5 Å². The molecule has 3 heterocycles. The van der Waals surface area contributed by atoms with Gasteiger partial charge in [0.05, 0.1) is 6.10 Å². The fourth-order valence-electron chi connectivity index (χ4n) is 3.47. The number of rotatable bonds is 7. The first-order valence-electron chi connectivity index (χ1n) is 9.94. The Labute approximate surface area is 169 Å². The lowest BCUT2D eigenvalue weighted by Crippen LogP contribution is -2.43. The molecule has 7 heteroatoms. The molecule has 1 atom stereocenters. The second-order valence-corrected chi connectivity index (χ2v) is 7.15. The van der Waals surface area contributed by atoms with Crippen molar-refractivity contribution in [2.45, 2.75) is 38.4 Å². The predicted octanol–water partition coefficient (Wildman–Crippen LogP) is 3.27. The Morgan fingerprint density at radius 2 is 2.00 bits per heavy atom. The average Bonchev–Trinajstić information content (AvgIpc) is 3.27. The standard InChI is InChI=1S/C22H24N4O3/c27-21(9-8-17-5-2-1-3-6-17)26-14-4-7-19(15-26)28-16-20-24-22(29-25-20)18-10-12-23-13-11-18/h1-3,5-6,10-13,19H,4,7-9,14-16H2. The van der Waals surface area contributed by atoms with Gasteiger partial charge in [-0.3, -0.25) is 9.78 Å². The molecule has 0 saturated carbocycles. The summed E-state index contributed by atoms with van der Waals surface area (Å²) < 4.78 is 11.3. The van der Waals surface area contributed by atoms with Crippen molar-refractivity contribution in [3.63, 3.8) is 0 Å². The SMILES string of the molecule is O=C(CCc1ccccc1)N1CCCC(OCc2noc(-c3ccncc3)n2)C1. The maximum absolute atomic E-state index is 12.6. The summed E-state index contributed by atoms with van der Waals surface area (Å²) in [6.45, 7) is 1.68. The normalized spacial score (nSPS) is 16.7. The Balaban J connectivity index is 1.26. The summed E-state index contributed by atoms with van der Waals surface area (Å²) >= 11 is 0. The second-order valence-electron chi connectivity index (χ2n) is 7.15. The molecule has 150 valence electrons. The predicted molar refractivity (Wildman–Crippen MR) is 107 cm³/mol. The highest BCUT2D eigenvalue weighted by Crippen LogP contribution is 2.18. The van der Waals surface area contributed by atoms with Crippen molar-refractivity contribution in [1.82, 2.24) is 20.0 Å². The van der Waals surface area contributed by atoms with Gasteiger partial charge in [0, 0.05) is 37.5 Å². The highest BCUT2D eigenvalue weighted by Gasteiger charge is 2.24. The van der Waals surface area contributed by atoms with Crippen LogP contribution in [0.15, 0.2) is 59.4 Å². The summed E-state index contributed by atoms with van der Waals surface area (Å²) in [5.74, 6) is 1.14. The van der Waals surface area contributed by atoms with Crippen LogP contribution in [0.4, 0.5) is 0 Å². The number of ether oxygens (including phenoxy) is 1. The lowest BCUT2D eigenvalue weighted by Gasteiger charge is -2.32. The molecule has 1 aliphatic rings. The molecule has 0 aliphatic carbocycles. The third-order valence-corrected chi connectivity index (χ3v) is 5.04. The van der Waals surface area contributed by atoms with E-state index in [1.54, 1.807) is 12.4 Å². The molecule has 0 spiro atoms. The van der Waals surface area contributed by atoms with Crippen LogP contribution in [-0.4, -0.2) is 45.1 Å². The van der Waals surface area contributed by atoms with Gasteiger partial charge >= 0.3 is 0 Å². The molecular formula is C22H24N4O3. The maximum Gasteiger partial charge on any atom is 0.258 e. The first-order valence-corrected chi connectivity index (χ1v) is 9.94. The Bertz CT molecular complexity index is 914. The maximum atomic E-state index is 12.6. The number of aryl methyl sites for hydroxylation is 1. The van der Waals surface area contributed by atoms with Gasteiger partial charge in [0.2, 0.25) is 5.91 Å². The summed E-state index contributed by atoms with van der Waals surface area (Å²) in [7, 11) is 0. The monoisotopic (exact) mass is 392 g/mol. The Kier molecular flexibility index (Phi) is 6.26. The summed E-state index contributed by atoms with van der Waals surface area (Å²) in [4.78, 5) is 22.8. The van der Waals surface area contributed by atoms with E-state index in [2.05, 4.69) is 27.3 Å². The molecular weight excluding hydrogens is 368 g/mol. The minimum absolute atomic E-state index is 0.00713. The van der Waals surface area contributed by atoms with Crippen LogP contribution in [0.1, 0.15) is 30.7 Å². The first kappa shape index (κ1) is 19.3. The van der Waals surface area contributed by atoms with Gasteiger partial charge in [0.25, 0.3) is 5.89 Å². The first-order chi connectivity index (χ1) is 14.3. The average molecular weight is 392 g/mol. The van der Waals surface area contributed by atoms with Gasteiger partial charge in [-0.25, -0.2) is 0 Å². The van der Waals surface area contributed by atoms with E-state index >= 15 is 0 Å². The fraction of sp³-hybridized carbons (Fsp3) is 0.364. The molecule has 0 N–H and O–H groups in total. The molecule has 1 unspecified atom stereocenters. The molecule has 1 aromatic carbocycles. The molecule has 4 rings (SSSR count). The topological polar surface area (TPSA) is 81.4 Å². The Morgan fingerprint density at radius 3 is 2.83 bits per heavy atom. The van der Waals surface area contributed by atoms with E-state index in [1.807, 2.05) is 35.2 Å². The van der Waals surface area contributed by atoms with Crippen molar-refractivity contribution >= 4 is 5.91 Å². The van der Waals surface area contributed by atoms with Crippen LogP contribution < -0.4 is 0 Å². The fourth-order valence-corrected chi connectivity index (χ4v) is 3.47. The van der Waals surface area contributed by atoms with E-state index in [1.165, 1.54) is 5.56 Å². The lowest BCUT2D eigenvalue weighted by molar-refractivity contribution is -0.135. The number of benzene rings is 1. The van der Waals surface area contributed by atoms with Gasteiger partial charge in [-0.15, -0.1) is 0 Å². The van der Waals surface area contributed by atoms with Crippen LogP contribution in [0.2, 0.25) is 0 Å². The van der Waals surface area contributed by atoms with E-state index in [4.69, 9.17) is 9.26 Å². The highest BCUT2D eigenvalue weighted by atomic mass is 16.5. The number of hydrogen-bond acceptors (Lipinski definition) is 6. The number of pyridine rings is 1. The van der Waals surface area contributed by atoms with Crippen molar-refractivity contribution in [3.05, 3.63) is 66.2 Å². The second kappa shape index (κ2) is 9.43. The molecule has 7 nitrogen and oxygen atoms in total. The number of aromatic nitrogens is 3. The number of amides is 1. The van der Waals surface area contributed by atoms with Gasteiger partial charge in [-0.1, -0.05) is 35.5 Å². The van der Waals surface area contributed by atoms with Crippen LogP contribution in [0.3, 0.4) is 0 Å². The highest BCUT2D eigenvalue weighted by molar-refractivity contribution is 5.76. The third kappa shape index (κ3) is 5.26. The van der Waals surface area contributed by atoms with Crippen molar-refractivity contribution in [2.75, 3.05) is 13.1 Å². The molecule has 29 heavy (non-hydrogen) atoms. The van der Waals surface area contributed by atoms with Gasteiger partial charge in [-0.05, 0) is 37.0 Å². The van der Waals surface area contributed by atoms with Crippen LogP contribution in [0.5, 0.6) is 0 Å². The van der Waals surface area contributed by atoms with Gasteiger partial charge in [0.1, 0.15) is 6.61 Å². The van der Waals surface area contributed by atoms with E-state index in [-0.39, 0.29) is 18.6 Å². The summed E-state index contributed by atoms with van der Waals surface area (Å²) in [6.07, 6.45) is 6.52. The Hall–Kier alpha value is -3.06. The molecule has 0 bridgehead atoms. The lowest BCUT2D eigenvalue weighted by atomic mass is 10.1. The quantitative estimate of drug-likeness (QED) is 0.614. The molecule has 1 amide bonds. The summed E-state index contributed by atoms with van der Waals surface area (Å²) in [6, 6.07) is 13.7. The molecule has 1 aliphatic heterocycles. The molecule has 0 radical (unpaired) electrons. The molecule has 1 saturated heterocycles. The van der Waals surface area contributed by atoms with Gasteiger partial charge in [0.15, 0.2) is 5.82 Å². The zero-order valence-corrected chi connectivity index (χ0v) is 16.2. The van der Waals surface area contributed by atoms with E-state index in [0.29, 0.717) is 24.7 Å². The molecule has 3 aromatic rings. The number of carbonyl (C=O) groups excluding carboxylic acids is 1. The number of likely N-dealkylation sites (tertiary alicyclic amines) is 1. The summed E-state index contributed by atoms with van der Waals surface area (Å²) in [5.41, 5.74) is 2.01. The van der Waals surface area contributed by atoms with Crippen LogP contribution in [0.25, 0.3) is 11.5 Å². The van der Waals surface area contributed by atoms with E-state index < -0.39 is 0 Å². The van der Waals surface area contributed by atoms with Crippen LogP contribution >= 0.6 is 0 Å². The van der Waals surface area contributed by atoms with Crippen molar-refractivity contribution in [1.29, 1.82) is 0 Å². The van der Waals surface area contributed by atoms with Crippen LogP contribution in [-0.2, 0) is 22.6 Å². The number of hydrogen-bond donors (Lipinski definition) is 0. The van der Waals surface area contributed by atoms with E-state index in [9.17, 15) is 4.79 Å². The van der Waals surface area contributed by atoms with E-state index in [0.717, 1.165) is 31.4 Å². The van der Waals surface area contributed by atoms with Gasteiger partial charge in [-0.2, -0.15) is 4.98 Å². The van der Waals surface area contributed by atoms with Crippen LogP contribution in [0, 0.1) is 0 Å².